The van der Waals surface area contributed by atoms with Crippen LogP contribution in [0.5, 0.6) is 0 Å². The zero-order chi connectivity index (χ0) is 14.1. The highest BCUT2D eigenvalue weighted by Crippen LogP contribution is 2.25. The molecule has 0 saturated heterocycles. The van der Waals surface area contributed by atoms with Gasteiger partial charge in [0, 0.05) is 28.1 Å². The lowest BCUT2D eigenvalue weighted by atomic mass is 10.0. The lowest BCUT2D eigenvalue weighted by molar-refractivity contribution is 0.829. The van der Waals surface area contributed by atoms with Gasteiger partial charge in [0.05, 0.1) is 0 Å². The van der Waals surface area contributed by atoms with E-state index in [1.807, 2.05) is 0 Å². The summed E-state index contributed by atoms with van der Waals surface area (Å²) >= 11 is 3.61. The maximum atomic E-state index is 3.61. The highest BCUT2D eigenvalue weighted by molar-refractivity contribution is 9.10. The first-order chi connectivity index (χ1) is 9.65. The first-order valence-corrected chi connectivity index (χ1v) is 7.76. The molecule has 1 heterocycles. The summed E-state index contributed by atoms with van der Waals surface area (Å²) in [6.45, 7) is 5.37. The molecule has 0 atom stereocenters. The smallest absolute Gasteiger partial charge is 0.0494 e. The Balaban J connectivity index is 1.91. The number of aromatic nitrogens is 1. The summed E-state index contributed by atoms with van der Waals surface area (Å²) in [7, 11) is 0. The minimum absolute atomic E-state index is 0.590. The largest absolute Gasteiger partial charge is 0.343 e. The van der Waals surface area contributed by atoms with Gasteiger partial charge in [-0.3, -0.25) is 0 Å². The van der Waals surface area contributed by atoms with Crippen LogP contribution < -0.4 is 0 Å². The van der Waals surface area contributed by atoms with Crippen LogP contribution in [0.2, 0.25) is 0 Å². The lowest BCUT2D eigenvalue weighted by Crippen LogP contribution is -1.98. The van der Waals surface area contributed by atoms with E-state index in [4.69, 9.17) is 0 Å². The van der Waals surface area contributed by atoms with Crippen LogP contribution in [-0.2, 0) is 6.54 Å². The van der Waals surface area contributed by atoms with Crippen molar-refractivity contribution in [2.75, 3.05) is 0 Å². The Hall–Kier alpha value is -1.54. The van der Waals surface area contributed by atoms with E-state index in [1.165, 1.54) is 22.0 Å². The van der Waals surface area contributed by atoms with Gasteiger partial charge in [-0.05, 0) is 35.2 Å². The Morgan fingerprint density at radius 3 is 2.45 bits per heavy atom. The standard InChI is InChI=1S/C18H18BrN/c1-13(2)15-8-6-14(7-9-15)12-20-11-10-16-17(19)4-3-5-18(16)20/h3-11,13H,12H2,1-2H3. The van der Waals surface area contributed by atoms with E-state index in [1.54, 1.807) is 0 Å². The van der Waals surface area contributed by atoms with Crippen molar-refractivity contribution in [1.82, 2.24) is 4.57 Å². The molecule has 0 N–H and O–H groups in total. The lowest BCUT2D eigenvalue weighted by Gasteiger charge is -2.09. The highest BCUT2D eigenvalue weighted by Gasteiger charge is 2.05. The molecule has 0 aliphatic heterocycles. The molecule has 20 heavy (non-hydrogen) atoms. The number of fused-ring (bicyclic) bond motifs is 1. The third-order valence-electron chi connectivity index (χ3n) is 3.76. The monoisotopic (exact) mass is 327 g/mol. The Morgan fingerprint density at radius 1 is 1.00 bits per heavy atom. The van der Waals surface area contributed by atoms with Crippen molar-refractivity contribution in [3.63, 3.8) is 0 Å². The SMILES string of the molecule is CC(C)c1ccc(Cn2ccc3c(Br)cccc32)cc1. The van der Waals surface area contributed by atoms with Gasteiger partial charge < -0.3 is 4.57 Å². The van der Waals surface area contributed by atoms with Gasteiger partial charge in [0.25, 0.3) is 0 Å². The number of nitrogens with zero attached hydrogens (tertiary/aromatic N) is 1. The molecule has 0 fully saturated rings. The molecule has 0 aliphatic rings. The molecule has 1 aromatic heterocycles. The second kappa shape index (κ2) is 5.45. The van der Waals surface area contributed by atoms with Gasteiger partial charge in [-0.25, -0.2) is 0 Å². The number of benzene rings is 2. The Labute approximate surface area is 128 Å². The quantitative estimate of drug-likeness (QED) is 0.592. The molecule has 0 saturated carbocycles. The summed E-state index contributed by atoms with van der Waals surface area (Å²) in [4.78, 5) is 0. The number of hydrogen-bond acceptors (Lipinski definition) is 0. The first kappa shape index (κ1) is 13.4. The zero-order valence-corrected chi connectivity index (χ0v) is 13.4. The molecule has 0 bridgehead atoms. The van der Waals surface area contributed by atoms with Gasteiger partial charge in [0.2, 0.25) is 0 Å². The summed E-state index contributed by atoms with van der Waals surface area (Å²) < 4.78 is 3.45. The molecule has 3 rings (SSSR count). The van der Waals surface area contributed by atoms with Crippen molar-refractivity contribution < 1.29 is 0 Å². The molecule has 3 aromatic rings. The average molecular weight is 328 g/mol. The number of halogens is 1. The summed E-state index contributed by atoms with van der Waals surface area (Å²) in [5, 5.41) is 1.27. The molecular weight excluding hydrogens is 310 g/mol. The third-order valence-corrected chi connectivity index (χ3v) is 4.45. The van der Waals surface area contributed by atoms with Crippen molar-refractivity contribution in [2.24, 2.45) is 0 Å². The second-order valence-electron chi connectivity index (χ2n) is 5.51. The predicted molar refractivity (Wildman–Crippen MR) is 89.3 cm³/mol. The molecule has 2 heteroatoms. The van der Waals surface area contributed by atoms with Crippen LogP contribution in [0.3, 0.4) is 0 Å². The normalized spacial score (nSPS) is 11.4. The summed E-state index contributed by atoms with van der Waals surface area (Å²) in [5.74, 6) is 0.590. The van der Waals surface area contributed by atoms with Crippen LogP contribution in [0.25, 0.3) is 10.9 Å². The van der Waals surface area contributed by atoms with Gasteiger partial charge in [-0.1, -0.05) is 60.1 Å². The van der Waals surface area contributed by atoms with Gasteiger partial charge in [0.15, 0.2) is 0 Å². The minimum atomic E-state index is 0.590. The van der Waals surface area contributed by atoms with Crippen LogP contribution >= 0.6 is 15.9 Å². The summed E-state index contributed by atoms with van der Waals surface area (Å²) in [5.41, 5.74) is 4.01. The van der Waals surface area contributed by atoms with E-state index in [0.717, 1.165) is 11.0 Å². The summed E-state index contributed by atoms with van der Waals surface area (Å²) in [6.07, 6.45) is 2.16. The van der Waals surface area contributed by atoms with E-state index in [9.17, 15) is 0 Å². The van der Waals surface area contributed by atoms with E-state index in [0.29, 0.717) is 5.92 Å². The fourth-order valence-electron chi connectivity index (χ4n) is 2.53. The van der Waals surface area contributed by atoms with Crippen LogP contribution in [0, 0.1) is 0 Å². The van der Waals surface area contributed by atoms with Crippen molar-refractivity contribution >= 4 is 26.8 Å². The average Bonchev–Trinajstić information content (AvgIpc) is 2.84. The molecule has 1 nitrogen and oxygen atoms in total. The fraction of sp³-hybridized carbons (Fsp3) is 0.222. The van der Waals surface area contributed by atoms with E-state index in [2.05, 4.69) is 89.1 Å². The van der Waals surface area contributed by atoms with Crippen molar-refractivity contribution in [3.8, 4) is 0 Å². The van der Waals surface area contributed by atoms with Crippen LogP contribution in [0.1, 0.15) is 30.9 Å². The molecule has 0 spiro atoms. The molecule has 0 radical (unpaired) electrons. The topological polar surface area (TPSA) is 4.93 Å². The molecule has 0 amide bonds. The van der Waals surface area contributed by atoms with Gasteiger partial charge in [-0.2, -0.15) is 0 Å². The van der Waals surface area contributed by atoms with Gasteiger partial charge >= 0.3 is 0 Å². The Bertz CT molecular complexity index is 723. The van der Waals surface area contributed by atoms with E-state index >= 15 is 0 Å². The van der Waals surface area contributed by atoms with Gasteiger partial charge in [0.1, 0.15) is 0 Å². The summed E-state index contributed by atoms with van der Waals surface area (Å²) in [6, 6.07) is 17.5. The predicted octanol–water partition coefficient (Wildman–Crippen LogP) is 5.58. The van der Waals surface area contributed by atoms with Crippen LogP contribution in [0.15, 0.2) is 59.2 Å². The van der Waals surface area contributed by atoms with Crippen LogP contribution in [-0.4, -0.2) is 4.57 Å². The first-order valence-electron chi connectivity index (χ1n) is 6.97. The van der Waals surface area contributed by atoms with Crippen molar-refractivity contribution in [1.29, 1.82) is 0 Å². The van der Waals surface area contributed by atoms with Crippen molar-refractivity contribution in [3.05, 3.63) is 70.3 Å². The Morgan fingerprint density at radius 2 is 1.75 bits per heavy atom. The minimum Gasteiger partial charge on any atom is -0.343 e. The molecule has 0 aliphatic carbocycles. The molecular formula is C18H18BrN. The van der Waals surface area contributed by atoms with Crippen LogP contribution in [0.4, 0.5) is 0 Å². The van der Waals surface area contributed by atoms with E-state index in [-0.39, 0.29) is 0 Å². The molecule has 0 unspecified atom stereocenters. The number of hydrogen-bond donors (Lipinski definition) is 0. The fourth-order valence-corrected chi connectivity index (χ4v) is 3.02. The zero-order valence-electron chi connectivity index (χ0n) is 11.8. The second-order valence-corrected chi connectivity index (χ2v) is 6.37. The van der Waals surface area contributed by atoms with E-state index < -0.39 is 0 Å². The maximum absolute atomic E-state index is 3.61. The molecule has 2 aromatic carbocycles. The maximum Gasteiger partial charge on any atom is 0.0494 e. The van der Waals surface area contributed by atoms with Crippen molar-refractivity contribution in [2.45, 2.75) is 26.3 Å². The highest BCUT2D eigenvalue weighted by atomic mass is 79.9. The third kappa shape index (κ3) is 2.53. The van der Waals surface area contributed by atoms with Gasteiger partial charge in [-0.15, -0.1) is 0 Å². The number of rotatable bonds is 3. The molecule has 102 valence electrons. The Kier molecular flexibility index (Phi) is 3.66.